The molecule has 0 radical (unpaired) electrons. The lowest BCUT2D eigenvalue weighted by atomic mass is 10.1. The van der Waals surface area contributed by atoms with Crippen molar-refractivity contribution < 1.29 is 19.5 Å². The number of nitro benzene ring substituents is 1. The molecule has 0 amide bonds. The molecule has 0 saturated heterocycles. The summed E-state index contributed by atoms with van der Waals surface area (Å²) in [5.74, 6) is 1.68. The number of nitro groups is 1. The van der Waals surface area contributed by atoms with Gasteiger partial charge < -0.3 is 14.6 Å². The van der Waals surface area contributed by atoms with Crippen molar-refractivity contribution in [3.05, 3.63) is 69.3 Å². The van der Waals surface area contributed by atoms with Crippen LogP contribution in [0.2, 0.25) is 0 Å². The number of hydrogen-bond donors (Lipinski definition) is 1. The van der Waals surface area contributed by atoms with Crippen LogP contribution >= 0.6 is 11.8 Å². The molecule has 1 heterocycles. The Kier molecular flexibility index (Phi) is 5.34. The maximum absolute atomic E-state index is 11.1. The van der Waals surface area contributed by atoms with E-state index in [0.717, 1.165) is 11.1 Å². The van der Waals surface area contributed by atoms with Gasteiger partial charge in [-0.3, -0.25) is 10.1 Å². The fourth-order valence-electron chi connectivity index (χ4n) is 2.55. The van der Waals surface area contributed by atoms with Gasteiger partial charge in [0.2, 0.25) is 0 Å². The monoisotopic (exact) mass is 347 g/mol. The standard InChI is InChI=1S/C17H17NO5S/c19-16(12-4-2-1-3-5-12)10-24-9-14-7-15(18(20)21)6-13-8-22-11-23-17(13)14/h1-7,16,19H,8-11H2. The lowest BCUT2D eigenvalue weighted by Crippen LogP contribution is -2.13. The number of fused-ring (bicyclic) bond motifs is 1. The number of ether oxygens (including phenoxy) is 2. The van der Waals surface area contributed by atoms with Gasteiger partial charge >= 0.3 is 0 Å². The molecular weight excluding hydrogens is 330 g/mol. The maximum Gasteiger partial charge on any atom is 0.270 e. The summed E-state index contributed by atoms with van der Waals surface area (Å²) in [6.07, 6.45) is -0.574. The molecule has 0 fully saturated rings. The van der Waals surface area contributed by atoms with Gasteiger partial charge in [-0.05, 0) is 5.56 Å². The number of aliphatic hydroxyl groups is 1. The molecule has 2 aromatic rings. The quantitative estimate of drug-likeness (QED) is 0.637. The summed E-state index contributed by atoms with van der Waals surface area (Å²) in [5, 5.41) is 21.3. The number of hydrogen-bond acceptors (Lipinski definition) is 6. The SMILES string of the molecule is O=[N+]([O-])c1cc2c(c(CSCC(O)c3ccccc3)c1)OCOC2. The summed E-state index contributed by atoms with van der Waals surface area (Å²) in [7, 11) is 0. The lowest BCUT2D eigenvalue weighted by Gasteiger charge is -2.20. The number of non-ortho nitro benzene ring substituents is 1. The summed E-state index contributed by atoms with van der Waals surface area (Å²) < 4.78 is 10.7. The first-order valence-corrected chi connectivity index (χ1v) is 8.62. The van der Waals surface area contributed by atoms with E-state index in [4.69, 9.17) is 9.47 Å². The first-order chi connectivity index (χ1) is 11.6. The van der Waals surface area contributed by atoms with Crippen LogP contribution in [-0.4, -0.2) is 22.6 Å². The highest BCUT2D eigenvalue weighted by Gasteiger charge is 2.21. The summed E-state index contributed by atoms with van der Waals surface area (Å²) >= 11 is 1.51. The zero-order chi connectivity index (χ0) is 16.9. The smallest absolute Gasteiger partial charge is 0.270 e. The summed E-state index contributed by atoms with van der Waals surface area (Å²) in [5.41, 5.74) is 2.33. The van der Waals surface area contributed by atoms with Crippen molar-refractivity contribution in [2.75, 3.05) is 12.5 Å². The largest absolute Gasteiger partial charge is 0.467 e. The minimum Gasteiger partial charge on any atom is -0.467 e. The second-order valence-electron chi connectivity index (χ2n) is 5.40. The third-order valence-corrected chi connectivity index (χ3v) is 4.77. The van der Waals surface area contributed by atoms with Crippen LogP contribution in [0.5, 0.6) is 5.75 Å². The van der Waals surface area contributed by atoms with E-state index in [1.54, 1.807) is 0 Å². The average Bonchev–Trinajstić information content (AvgIpc) is 2.62. The Labute approximate surface area is 143 Å². The zero-order valence-corrected chi connectivity index (χ0v) is 13.7. The van der Waals surface area contributed by atoms with E-state index < -0.39 is 11.0 Å². The van der Waals surface area contributed by atoms with Crippen LogP contribution < -0.4 is 4.74 Å². The van der Waals surface area contributed by atoms with Gasteiger partial charge in [-0.2, -0.15) is 11.8 Å². The van der Waals surface area contributed by atoms with Crippen molar-refractivity contribution in [2.45, 2.75) is 18.5 Å². The highest BCUT2D eigenvalue weighted by Crippen LogP contribution is 2.35. The molecule has 0 bridgehead atoms. The normalized spacial score (nSPS) is 14.5. The van der Waals surface area contributed by atoms with Crippen molar-refractivity contribution in [2.24, 2.45) is 0 Å². The van der Waals surface area contributed by atoms with Crippen LogP contribution in [0.15, 0.2) is 42.5 Å². The number of thioether (sulfide) groups is 1. The Bertz CT molecular complexity index is 722. The molecule has 0 aliphatic carbocycles. The Morgan fingerprint density at radius 3 is 2.83 bits per heavy atom. The highest BCUT2D eigenvalue weighted by atomic mass is 32.2. The van der Waals surface area contributed by atoms with Gasteiger partial charge in [-0.15, -0.1) is 0 Å². The van der Waals surface area contributed by atoms with E-state index in [9.17, 15) is 15.2 Å². The molecule has 1 aliphatic rings. The second kappa shape index (κ2) is 7.65. The van der Waals surface area contributed by atoms with E-state index in [0.29, 0.717) is 29.4 Å². The maximum atomic E-state index is 11.1. The van der Waals surface area contributed by atoms with Crippen LogP contribution in [0.4, 0.5) is 5.69 Å². The molecule has 2 aromatic carbocycles. The van der Waals surface area contributed by atoms with E-state index in [1.807, 2.05) is 30.3 Å². The molecule has 1 aliphatic heterocycles. The third kappa shape index (κ3) is 3.87. The van der Waals surface area contributed by atoms with Crippen molar-refractivity contribution in [1.82, 2.24) is 0 Å². The van der Waals surface area contributed by atoms with E-state index in [2.05, 4.69) is 0 Å². The van der Waals surface area contributed by atoms with Crippen molar-refractivity contribution in [3.8, 4) is 5.75 Å². The van der Waals surface area contributed by atoms with Gasteiger partial charge in [0.05, 0.1) is 17.6 Å². The molecule has 0 saturated carbocycles. The fourth-order valence-corrected chi connectivity index (χ4v) is 3.51. The Hall–Kier alpha value is -2.09. The number of aliphatic hydroxyl groups excluding tert-OH is 1. The van der Waals surface area contributed by atoms with E-state index in [-0.39, 0.29) is 12.5 Å². The van der Waals surface area contributed by atoms with Gasteiger partial charge in [0.1, 0.15) is 5.75 Å². The number of nitrogens with zero attached hydrogens (tertiary/aromatic N) is 1. The molecule has 6 nitrogen and oxygen atoms in total. The Balaban J connectivity index is 1.70. The lowest BCUT2D eigenvalue weighted by molar-refractivity contribution is -0.385. The van der Waals surface area contributed by atoms with Crippen LogP contribution in [0.25, 0.3) is 0 Å². The van der Waals surface area contributed by atoms with Crippen molar-refractivity contribution >= 4 is 17.4 Å². The summed E-state index contributed by atoms with van der Waals surface area (Å²) in [4.78, 5) is 10.7. The van der Waals surface area contributed by atoms with Gasteiger partial charge in [0.25, 0.3) is 5.69 Å². The molecule has 1 N–H and O–H groups in total. The van der Waals surface area contributed by atoms with Gasteiger partial charge in [-0.1, -0.05) is 30.3 Å². The molecule has 1 atom stereocenters. The fraction of sp³-hybridized carbons (Fsp3) is 0.294. The van der Waals surface area contributed by atoms with E-state index in [1.165, 1.54) is 23.9 Å². The zero-order valence-electron chi connectivity index (χ0n) is 12.9. The molecular formula is C17H17NO5S. The Morgan fingerprint density at radius 2 is 2.08 bits per heavy atom. The van der Waals surface area contributed by atoms with Crippen molar-refractivity contribution in [3.63, 3.8) is 0 Å². The first-order valence-electron chi connectivity index (χ1n) is 7.46. The van der Waals surface area contributed by atoms with Crippen LogP contribution in [0.1, 0.15) is 22.8 Å². The summed E-state index contributed by atoms with van der Waals surface area (Å²) in [6, 6.07) is 12.4. The molecule has 0 spiro atoms. The average molecular weight is 347 g/mol. The predicted octanol–water partition coefficient (Wildman–Crippen LogP) is 3.43. The van der Waals surface area contributed by atoms with Crippen LogP contribution in [0.3, 0.4) is 0 Å². The molecule has 3 rings (SSSR count). The molecule has 0 aromatic heterocycles. The van der Waals surface area contributed by atoms with E-state index >= 15 is 0 Å². The minimum atomic E-state index is -0.574. The third-order valence-electron chi connectivity index (χ3n) is 3.70. The number of benzene rings is 2. The summed E-state index contributed by atoms with van der Waals surface area (Å²) in [6.45, 7) is 0.455. The topological polar surface area (TPSA) is 81.8 Å². The number of rotatable bonds is 6. The highest BCUT2D eigenvalue weighted by molar-refractivity contribution is 7.98. The molecule has 1 unspecified atom stereocenters. The van der Waals surface area contributed by atoms with Crippen LogP contribution in [-0.2, 0) is 17.1 Å². The molecule has 7 heteroatoms. The van der Waals surface area contributed by atoms with Gasteiger partial charge in [0.15, 0.2) is 6.79 Å². The minimum absolute atomic E-state index is 0.0297. The molecule has 24 heavy (non-hydrogen) atoms. The second-order valence-corrected chi connectivity index (χ2v) is 6.43. The van der Waals surface area contributed by atoms with Gasteiger partial charge in [0, 0.05) is 34.8 Å². The van der Waals surface area contributed by atoms with Crippen molar-refractivity contribution in [1.29, 1.82) is 0 Å². The van der Waals surface area contributed by atoms with Crippen LogP contribution in [0, 0.1) is 10.1 Å². The van der Waals surface area contributed by atoms with Gasteiger partial charge in [-0.25, -0.2) is 0 Å². The first kappa shape index (κ1) is 16.8. The predicted molar refractivity (Wildman–Crippen MR) is 90.9 cm³/mol. The molecule has 126 valence electrons. The Morgan fingerprint density at radius 1 is 1.29 bits per heavy atom.